The lowest BCUT2D eigenvalue weighted by molar-refractivity contribution is -0.145. The molecule has 110 valence electrons. The lowest BCUT2D eigenvalue weighted by atomic mass is 9.80. The minimum absolute atomic E-state index is 0.117. The number of carboxylic acid groups (broad SMARTS) is 1. The molecule has 1 saturated carbocycles. The molecule has 2 atom stereocenters. The topological polar surface area (TPSA) is 57.6 Å². The summed E-state index contributed by atoms with van der Waals surface area (Å²) >= 11 is 1.65. The second-order valence-electron chi connectivity index (χ2n) is 5.33. The molecule has 1 aromatic heterocycles. The van der Waals surface area contributed by atoms with E-state index in [-0.39, 0.29) is 17.7 Å². The van der Waals surface area contributed by atoms with Crippen molar-refractivity contribution >= 4 is 23.2 Å². The summed E-state index contributed by atoms with van der Waals surface area (Å²) in [6, 6.07) is 4.01. The number of nitrogens with zero attached hydrogens (tertiary/aromatic N) is 1. The van der Waals surface area contributed by atoms with E-state index in [2.05, 4.69) is 0 Å². The highest BCUT2D eigenvalue weighted by atomic mass is 32.1. The summed E-state index contributed by atoms with van der Waals surface area (Å²) in [5, 5.41) is 11.1. The van der Waals surface area contributed by atoms with Crippen LogP contribution < -0.4 is 0 Å². The van der Waals surface area contributed by atoms with Gasteiger partial charge in [-0.25, -0.2) is 0 Å². The van der Waals surface area contributed by atoms with Gasteiger partial charge in [0.1, 0.15) is 0 Å². The summed E-state index contributed by atoms with van der Waals surface area (Å²) in [6.45, 7) is 3.29. The van der Waals surface area contributed by atoms with Crippen LogP contribution in [0.2, 0.25) is 0 Å². The van der Waals surface area contributed by atoms with E-state index in [0.717, 1.165) is 12.8 Å². The highest BCUT2D eigenvalue weighted by molar-refractivity contribution is 7.09. The van der Waals surface area contributed by atoms with Crippen LogP contribution in [-0.2, 0) is 16.1 Å². The minimum atomic E-state index is -0.760. The number of carboxylic acids is 1. The Hall–Kier alpha value is -1.36. The van der Waals surface area contributed by atoms with Gasteiger partial charge in [-0.1, -0.05) is 12.5 Å². The predicted molar refractivity (Wildman–Crippen MR) is 78.5 cm³/mol. The molecule has 1 aliphatic carbocycles. The summed E-state index contributed by atoms with van der Waals surface area (Å²) in [4.78, 5) is 26.7. The third kappa shape index (κ3) is 3.60. The zero-order chi connectivity index (χ0) is 14.5. The average molecular weight is 295 g/mol. The van der Waals surface area contributed by atoms with Gasteiger partial charge in [0.25, 0.3) is 0 Å². The Morgan fingerprint density at radius 3 is 2.75 bits per heavy atom. The highest BCUT2D eigenvalue weighted by Gasteiger charge is 2.32. The molecule has 1 aliphatic rings. The van der Waals surface area contributed by atoms with Crippen LogP contribution in [0.15, 0.2) is 17.5 Å². The fraction of sp³-hybridized carbons (Fsp3) is 0.600. The maximum Gasteiger partial charge on any atom is 0.306 e. The van der Waals surface area contributed by atoms with E-state index >= 15 is 0 Å². The minimum Gasteiger partial charge on any atom is -0.481 e. The standard InChI is InChI=1S/C15H21NO3S/c1-2-16(10-13-7-4-8-20-13)14(17)11-5-3-6-12(9-11)15(18)19/h4,7-8,11-12H,2-3,5-6,9-10H2,1H3,(H,18,19). The van der Waals surface area contributed by atoms with Crippen molar-refractivity contribution in [1.29, 1.82) is 0 Å². The maximum absolute atomic E-state index is 12.6. The van der Waals surface area contributed by atoms with Gasteiger partial charge in [-0.15, -0.1) is 11.3 Å². The molecule has 1 fully saturated rings. The number of aliphatic carboxylic acids is 1. The van der Waals surface area contributed by atoms with Gasteiger partial charge in [-0.3, -0.25) is 9.59 Å². The molecular formula is C15H21NO3S. The van der Waals surface area contributed by atoms with Crippen molar-refractivity contribution < 1.29 is 14.7 Å². The largest absolute Gasteiger partial charge is 0.481 e. The van der Waals surface area contributed by atoms with E-state index in [1.54, 1.807) is 11.3 Å². The smallest absolute Gasteiger partial charge is 0.306 e. The van der Waals surface area contributed by atoms with Crippen molar-refractivity contribution in [2.75, 3.05) is 6.54 Å². The van der Waals surface area contributed by atoms with Crippen molar-refractivity contribution in [1.82, 2.24) is 4.90 Å². The van der Waals surface area contributed by atoms with E-state index in [9.17, 15) is 9.59 Å². The van der Waals surface area contributed by atoms with E-state index in [1.807, 2.05) is 29.3 Å². The first-order valence-electron chi connectivity index (χ1n) is 7.15. The summed E-state index contributed by atoms with van der Waals surface area (Å²) < 4.78 is 0. The highest BCUT2D eigenvalue weighted by Crippen LogP contribution is 2.31. The second-order valence-corrected chi connectivity index (χ2v) is 6.36. The molecule has 2 rings (SSSR count). The van der Waals surface area contributed by atoms with Crippen molar-refractivity contribution in [2.24, 2.45) is 11.8 Å². The quantitative estimate of drug-likeness (QED) is 0.908. The van der Waals surface area contributed by atoms with Crippen molar-refractivity contribution in [3.63, 3.8) is 0 Å². The van der Waals surface area contributed by atoms with Crippen LogP contribution in [0.1, 0.15) is 37.5 Å². The van der Waals surface area contributed by atoms with Crippen LogP contribution in [-0.4, -0.2) is 28.4 Å². The second kappa shape index (κ2) is 6.88. The number of hydrogen-bond acceptors (Lipinski definition) is 3. The van der Waals surface area contributed by atoms with Gasteiger partial charge in [-0.2, -0.15) is 0 Å². The number of hydrogen-bond donors (Lipinski definition) is 1. The van der Waals surface area contributed by atoms with Gasteiger partial charge in [0, 0.05) is 17.3 Å². The van der Waals surface area contributed by atoms with Crippen LogP contribution in [0.3, 0.4) is 0 Å². The third-order valence-electron chi connectivity index (χ3n) is 3.99. The number of carbonyl (C=O) groups is 2. The summed E-state index contributed by atoms with van der Waals surface area (Å²) in [6.07, 6.45) is 2.86. The Labute approximate surface area is 123 Å². The Morgan fingerprint density at radius 2 is 2.15 bits per heavy atom. The summed E-state index contributed by atoms with van der Waals surface area (Å²) in [7, 11) is 0. The molecule has 0 aliphatic heterocycles. The SMILES string of the molecule is CCN(Cc1cccs1)C(=O)C1CCCC(C(=O)O)C1. The Kier molecular flexibility index (Phi) is 5.17. The molecule has 0 bridgehead atoms. The third-order valence-corrected chi connectivity index (χ3v) is 4.85. The molecule has 20 heavy (non-hydrogen) atoms. The zero-order valence-corrected chi connectivity index (χ0v) is 12.6. The number of rotatable bonds is 5. The fourth-order valence-corrected chi connectivity index (χ4v) is 3.55. The van der Waals surface area contributed by atoms with Crippen LogP contribution in [0.5, 0.6) is 0 Å². The molecule has 5 heteroatoms. The van der Waals surface area contributed by atoms with Crippen LogP contribution in [0.25, 0.3) is 0 Å². The molecule has 0 aromatic carbocycles. The van der Waals surface area contributed by atoms with Crippen molar-refractivity contribution in [3.05, 3.63) is 22.4 Å². The molecule has 1 N–H and O–H groups in total. The normalized spacial score (nSPS) is 22.4. The van der Waals surface area contributed by atoms with Gasteiger partial charge in [-0.05, 0) is 37.6 Å². The average Bonchev–Trinajstić information content (AvgIpc) is 2.97. The van der Waals surface area contributed by atoms with Crippen LogP contribution in [0.4, 0.5) is 0 Å². The van der Waals surface area contributed by atoms with E-state index in [1.165, 1.54) is 4.88 Å². The van der Waals surface area contributed by atoms with E-state index in [0.29, 0.717) is 25.9 Å². The number of carbonyl (C=O) groups excluding carboxylic acids is 1. The summed E-state index contributed by atoms with van der Waals surface area (Å²) in [5.74, 6) is -1.11. The van der Waals surface area contributed by atoms with Crippen LogP contribution in [0, 0.1) is 11.8 Å². The Morgan fingerprint density at radius 1 is 1.40 bits per heavy atom. The van der Waals surface area contributed by atoms with Crippen molar-refractivity contribution in [2.45, 2.75) is 39.2 Å². The molecule has 2 unspecified atom stereocenters. The van der Waals surface area contributed by atoms with Gasteiger partial charge in [0.2, 0.25) is 5.91 Å². The molecular weight excluding hydrogens is 274 g/mol. The van der Waals surface area contributed by atoms with Crippen molar-refractivity contribution in [3.8, 4) is 0 Å². The van der Waals surface area contributed by atoms with E-state index < -0.39 is 5.97 Å². The van der Waals surface area contributed by atoms with Gasteiger partial charge in [0.15, 0.2) is 0 Å². The Bertz CT molecular complexity index is 458. The first-order chi connectivity index (χ1) is 9.61. The summed E-state index contributed by atoms with van der Waals surface area (Å²) in [5.41, 5.74) is 0. The fourth-order valence-electron chi connectivity index (χ4n) is 2.83. The molecule has 1 aromatic rings. The van der Waals surface area contributed by atoms with Crippen LogP contribution >= 0.6 is 11.3 Å². The lowest BCUT2D eigenvalue weighted by Gasteiger charge is -2.30. The van der Waals surface area contributed by atoms with E-state index in [4.69, 9.17) is 5.11 Å². The lowest BCUT2D eigenvalue weighted by Crippen LogP contribution is -2.38. The Balaban J connectivity index is 1.98. The first-order valence-corrected chi connectivity index (χ1v) is 8.03. The molecule has 0 saturated heterocycles. The predicted octanol–water partition coefficient (Wildman–Crippen LogP) is 2.99. The molecule has 1 amide bonds. The number of amides is 1. The molecule has 0 radical (unpaired) electrons. The zero-order valence-electron chi connectivity index (χ0n) is 11.7. The molecule has 4 nitrogen and oxygen atoms in total. The molecule has 1 heterocycles. The first kappa shape index (κ1) is 15.0. The molecule has 0 spiro atoms. The van der Waals surface area contributed by atoms with Gasteiger partial charge < -0.3 is 10.0 Å². The monoisotopic (exact) mass is 295 g/mol. The van der Waals surface area contributed by atoms with Gasteiger partial charge in [0.05, 0.1) is 12.5 Å². The van der Waals surface area contributed by atoms with Gasteiger partial charge >= 0.3 is 5.97 Å². The number of thiophene rings is 1. The maximum atomic E-state index is 12.6.